The normalized spacial score (nSPS) is 19.9. The minimum Gasteiger partial charge on any atom is -0.497 e. The third-order valence-corrected chi connectivity index (χ3v) is 4.95. The number of methoxy groups -OCH3 is 1. The minimum atomic E-state index is -0.0935. The van der Waals surface area contributed by atoms with Gasteiger partial charge in [-0.15, -0.1) is 0 Å². The second-order valence-corrected chi connectivity index (χ2v) is 6.81. The molecule has 1 fully saturated rings. The molecule has 3 rings (SSSR count). The van der Waals surface area contributed by atoms with Gasteiger partial charge >= 0.3 is 0 Å². The molecule has 25 heavy (non-hydrogen) atoms. The number of nitrogens with one attached hydrogen (secondary N) is 1. The number of amides is 1. The molecule has 0 saturated heterocycles. The predicted octanol–water partition coefficient (Wildman–Crippen LogP) is 3.37. The van der Waals surface area contributed by atoms with Crippen molar-refractivity contribution in [2.75, 3.05) is 7.11 Å². The van der Waals surface area contributed by atoms with Gasteiger partial charge in [-0.3, -0.25) is 9.78 Å². The van der Waals surface area contributed by atoms with Gasteiger partial charge in [0, 0.05) is 22.9 Å². The first-order valence-electron chi connectivity index (χ1n) is 8.23. The van der Waals surface area contributed by atoms with E-state index in [9.17, 15) is 4.79 Å². The largest absolute Gasteiger partial charge is 0.497 e. The molecule has 1 aliphatic rings. The number of hydrogen-bond acceptors (Lipinski definition) is 5. The fourth-order valence-electron chi connectivity index (χ4n) is 2.91. The van der Waals surface area contributed by atoms with Gasteiger partial charge in [0.2, 0.25) is 5.88 Å². The van der Waals surface area contributed by atoms with Crippen LogP contribution < -0.4 is 14.8 Å². The third kappa shape index (κ3) is 4.69. The molecule has 1 heterocycles. The fraction of sp³-hybridized carbons (Fsp3) is 0.389. The maximum Gasteiger partial charge on any atom is 0.252 e. The number of nitrogens with zero attached hydrogens (tertiary/aromatic N) is 2. The Morgan fingerprint density at radius 3 is 2.72 bits per heavy atom. The summed E-state index contributed by atoms with van der Waals surface area (Å²) in [7, 11) is 1.59. The molecule has 0 aliphatic heterocycles. The molecule has 0 bridgehead atoms. The lowest BCUT2D eigenvalue weighted by Gasteiger charge is -2.29. The zero-order valence-corrected chi connectivity index (χ0v) is 15.5. The Kier molecular flexibility index (Phi) is 5.86. The molecule has 1 aromatic carbocycles. The van der Waals surface area contributed by atoms with E-state index in [2.05, 4.69) is 31.2 Å². The molecule has 2 aromatic rings. The Morgan fingerprint density at radius 2 is 2.04 bits per heavy atom. The molecule has 1 amide bonds. The molecule has 1 aliphatic carbocycles. The molecular formula is C18H20BrN3O3. The van der Waals surface area contributed by atoms with Crippen LogP contribution in [0.1, 0.15) is 36.0 Å². The highest BCUT2D eigenvalue weighted by Crippen LogP contribution is 2.25. The number of aromatic nitrogens is 2. The van der Waals surface area contributed by atoms with E-state index in [1.807, 2.05) is 12.1 Å². The second kappa shape index (κ2) is 8.29. The van der Waals surface area contributed by atoms with E-state index in [1.165, 1.54) is 0 Å². The van der Waals surface area contributed by atoms with Crippen molar-refractivity contribution >= 4 is 21.8 Å². The zero-order chi connectivity index (χ0) is 17.6. The monoisotopic (exact) mass is 405 g/mol. The van der Waals surface area contributed by atoms with Gasteiger partial charge in [0.1, 0.15) is 11.9 Å². The number of carbonyl (C=O) groups excluding carboxylic acids is 1. The van der Waals surface area contributed by atoms with Crippen molar-refractivity contribution in [3.63, 3.8) is 0 Å². The van der Waals surface area contributed by atoms with Gasteiger partial charge in [0.15, 0.2) is 0 Å². The molecule has 7 heteroatoms. The Balaban J connectivity index is 1.53. The first-order valence-corrected chi connectivity index (χ1v) is 9.02. The minimum absolute atomic E-state index is 0.0935. The van der Waals surface area contributed by atoms with Crippen molar-refractivity contribution in [1.82, 2.24) is 15.3 Å². The van der Waals surface area contributed by atoms with E-state index in [-0.39, 0.29) is 18.1 Å². The van der Waals surface area contributed by atoms with Crippen LogP contribution in [0.3, 0.4) is 0 Å². The average Bonchev–Trinajstić information content (AvgIpc) is 2.64. The first kappa shape index (κ1) is 17.7. The van der Waals surface area contributed by atoms with Gasteiger partial charge in [-0.05, 0) is 59.8 Å². The van der Waals surface area contributed by atoms with Crippen molar-refractivity contribution in [2.24, 2.45) is 0 Å². The number of benzene rings is 1. The summed E-state index contributed by atoms with van der Waals surface area (Å²) in [5.41, 5.74) is 0.581. The maximum atomic E-state index is 12.5. The number of ether oxygens (including phenoxy) is 2. The molecule has 0 atom stereocenters. The Morgan fingerprint density at radius 1 is 1.24 bits per heavy atom. The topological polar surface area (TPSA) is 73.3 Å². The fourth-order valence-corrected chi connectivity index (χ4v) is 3.34. The molecule has 0 unspecified atom stereocenters. The van der Waals surface area contributed by atoms with Gasteiger partial charge in [-0.2, -0.15) is 0 Å². The SMILES string of the molecule is COc1ccc(Br)c(C(=O)NC2CCC(Oc3cnccn3)CC2)c1. The number of carbonyl (C=O) groups is 1. The van der Waals surface area contributed by atoms with Gasteiger partial charge in [0.05, 0.1) is 18.9 Å². The van der Waals surface area contributed by atoms with E-state index < -0.39 is 0 Å². The van der Waals surface area contributed by atoms with E-state index in [1.54, 1.807) is 31.8 Å². The lowest BCUT2D eigenvalue weighted by molar-refractivity contribution is 0.0888. The van der Waals surface area contributed by atoms with Crippen LogP contribution in [0.25, 0.3) is 0 Å². The van der Waals surface area contributed by atoms with Crippen molar-refractivity contribution in [2.45, 2.75) is 37.8 Å². The highest BCUT2D eigenvalue weighted by Gasteiger charge is 2.25. The Hall–Kier alpha value is -2.15. The first-order chi connectivity index (χ1) is 12.2. The Labute approximate surface area is 155 Å². The van der Waals surface area contributed by atoms with E-state index in [4.69, 9.17) is 9.47 Å². The van der Waals surface area contributed by atoms with Crippen molar-refractivity contribution < 1.29 is 14.3 Å². The summed E-state index contributed by atoms with van der Waals surface area (Å²) in [6.07, 6.45) is 8.48. The van der Waals surface area contributed by atoms with E-state index in [0.717, 1.165) is 30.2 Å². The van der Waals surface area contributed by atoms with Crippen LogP contribution in [0.4, 0.5) is 0 Å². The van der Waals surface area contributed by atoms with Gasteiger partial charge in [-0.25, -0.2) is 4.98 Å². The van der Waals surface area contributed by atoms with Gasteiger partial charge < -0.3 is 14.8 Å². The van der Waals surface area contributed by atoms with Gasteiger partial charge in [0.25, 0.3) is 5.91 Å². The summed E-state index contributed by atoms with van der Waals surface area (Å²) in [5, 5.41) is 3.10. The maximum absolute atomic E-state index is 12.5. The Bertz CT molecular complexity index is 719. The predicted molar refractivity (Wildman–Crippen MR) is 96.9 cm³/mol. The molecule has 132 valence electrons. The van der Waals surface area contributed by atoms with Crippen LogP contribution in [0.5, 0.6) is 11.6 Å². The van der Waals surface area contributed by atoms with Crippen LogP contribution in [0, 0.1) is 0 Å². The number of hydrogen-bond donors (Lipinski definition) is 1. The quantitative estimate of drug-likeness (QED) is 0.825. The van der Waals surface area contributed by atoms with Crippen molar-refractivity contribution in [3.8, 4) is 11.6 Å². The third-order valence-electron chi connectivity index (χ3n) is 4.25. The second-order valence-electron chi connectivity index (χ2n) is 5.95. The van der Waals surface area contributed by atoms with E-state index in [0.29, 0.717) is 17.2 Å². The number of rotatable bonds is 5. The van der Waals surface area contributed by atoms with Crippen molar-refractivity contribution in [3.05, 3.63) is 46.8 Å². The molecule has 0 spiro atoms. The number of halogens is 1. The molecule has 1 aromatic heterocycles. The van der Waals surface area contributed by atoms with E-state index >= 15 is 0 Å². The molecule has 6 nitrogen and oxygen atoms in total. The van der Waals surface area contributed by atoms with Crippen LogP contribution in [-0.4, -0.2) is 35.1 Å². The summed E-state index contributed by atoms with van der Waals surface area (Å²) >= 11 is 3.42. The van der Waals surface area contributed by atoms with Gasteiger partial charge in [-0.1, -0.05) is 0 Å². The average molecular weight is 406 g/mol. The van der Waals surface area contributed by atoms with Crippen LogP contribution >= 0.6 is 15.9 Å². The summed E-state index contributed by atoms with van der Waals surface area (Å²) < 4.78 is 11.8. The summed E-state index contributed by atoms with van der Waals surface area (Å²) in [6.45, 7) is 0. The smallest absolute Gasteiger partial charge is 0.252 e. The lowest BCUT2D eigenvalue weighted by Crippen LogP contribution is -2.39. The highest BCUT2D eigenvalue weighted by molar-refractivity contribution is 9.10. The zero-order valence-electron chi connectivity index (χ0n) is 13.9. The lowest BCUT2D eigenvalue weighted by atomic mass is 9.92. The molecule has 1 N–H and O–H groups in total. The van der Waals surface area contributed by atoms with Crippen LogP contribution in [-0.2, 0) is 0 Å². The summed E-state index contributed by atoms with van der Waals surface area (Å²) in [5.74, 6) is 1.12. The molecule has 0 radical (unpaired) electrons. The molecular weight excluding hydrogens is 386 g/mol. The van der Waals surface area contributed by atoms with Crippen molar-refractivity contribution in [1.29, 1.82) is 0 Å². The van der Waals surface area contributed by atoms with Crippen LogP contribution in [0.15, 0.2) is 41.3 Å². The standard InChI is InChI=1S/C18H20BrN3O3/c1-24-14-6-7-16(19)15(10-14)18(23)22-12-2-4-13(5-3-12)25-17-11-20-8-9-21-17/h6-13H,2-5H2,1H3,(H,22,23). The molecule has 1 saturated carbocycles. The summed E-state index contributed by atoms with van der Waals surface area (Å²) in [6, 6.07) is 5.52. The van der Waals surface area contributed by atoms with Crippen LogP contribution in [0.2, 0.25) is 0 Å². The highest BCUT2D eigenvalue weighted by atomic mass is 79.9. The summed E-state index contributed by atoms with van der Waals surface area (Å²) in [4.78, 5) is 20.7.